The normalized spacial score (nSPS) is 14.8. The van der Waals surface area contributed by atoms with Gasteiger partial charge in [-0.25, -0.2) is 14.8 Å². The van der Waals surface area contributed by atoms with Crippen molar-refractivity contribution in [3.8, 4) is 0 Å². The molecular weight excluding hydrogens is 460 g/mol. The van der Waals surface area contributed by atoms with Crippen LogP contribution in [0.2, 0.25) is 0 Å². The smallest absolute Gasteiger partial charge is 0.338 e. The highest BCUT2D eigenvalue weighted by Crippen LogP contribution is 2.36. The molecule has 1 N–H and O–H groups in total. The Labute approximate surface area is 207 Å². The number of rotatable bonds is 9. The number of imidazole rings is 2. The second-order valence-electron chi connectivity index (χ2n) is 8.48. The molecule has 0 saturated carbocycles. The van der Waals surface area contributed by atoms with Crippen LogP contribution in [0.15, 0.2) is 67.3 Å². The monoisotopic (exact) mass is 486 g/mol. The van der Waals surface area contributed by atoms with Crippen molar-refractivity contribution in [3.63, 3.8) is 0 Å². The van der Waals surface area contributed by atoms with Gasteiger partial charge in [0.05, 0.1) is 36.0 Å². The molecule has 184 valence electrons. The fourth-order valence-corrected chi connectivity index (χ4v) is 4.43. The summed E-state index contributed by atoms with van der Waals surface area (Å²) in [4.78, 5) is 48.7. The summed E-state index contributed by atoms with van der Waals surface area (Å²) in [6.45, 7) is 3.23. The predicted molar refractivity (Wildman–Crippen MR) is 134 cm³/mol. The number of fused-ring (bicyclic) bond motifs is 3. The fraction of sp³-hybridized carbons (Fsp3) is 0.269. The number of nitrogens with one attached hydrogen (secondary N) is 1. The Kier molecular flexibility index (Phi) is 6.48. The van der Waals surface area contributed by atoms with E-state index in [2.05, 4.69) is 10.3 Å². The predicted octanol–water partition coefficient (Wildman–Crippen LogP) is 3.42. The molecule has 2 aromatic carbocycles. The van der Waals surface area contributed by atoms with Gasteiger partial charge in [-0.1, -0.05) is 12.1 Å². The van der Waals surface area contributed by atoms with Crippen molar-refractivity contribution < 1.29 is 19.1 Å². The van der Waals surface area contributed by atoms with Gasteiger partial charge < -0.3 is 14.6 Å². The molecule has 1 aliphatic heterocycles. The zero-order chi connectivity index (χ0) is 25.1. The van der Waals surface area contributed by atoms with Gasteiger partial charge in [0.15, 0.2) is 0 Å². The summed E-state index contributed by atoms with van der Waals surface area (Å²) in [6.07, 6.45) is 6.03. The minimum Gasteiger partial charge on any atom is -0.462 e. The van der Waals surface area contributed by atoms with Crippen LogP contribution in [0.5, 0.6) is 0 Å². The molecule has 1 aliphatic rings. The van der Waals surface area contributed by atoms with Crippen molar-refractivity contribution in [2.24, 2.45) is 0 Å². The van der Waals surface area contributed by atoms with Crippen molar-refractivity contribution in [2.45, 2.75) is 32.4 Å². The van der Waals surface area contributed by atoms with Gasteiger partial charge in [0, 0.05) is 31.2 Å². The number of hydrogen-bond donors (Lipinski definition) is 1. The van der Waals surface area contributed by atoms with Gasteiger partial charge in [-0.3, -0.25) is 19.1 Å². The Morgan fingerprint density at radius 2 is 1.89 bits per heavy atom. The van der Waals surface area contributed by atoms with E-state index in [0.29, 0.717) is 23.7 Å². The topological polar surface area (TPSA) is 111 Å². The van der Waals surface area contributed by atoms with E-state index in [0.717, 1.165) is 24.0 Å². The lowest BCUT2D eigenvalue weighted by atomic mass is 10.1. The number of carbonyl (C=O) groups is 3. The molecule has 0 unspecified atom stereocenters. The summed E-state index contributed by atoms with van der Waals surface area (Å²) in [5.41, 5.74) is 2.53. The van der Waals surface area contributed by atoms with E-state index in [1.54, 1.807) is 48.6 Å². The zero-order valence-corrected chi connectivity index (χ0v) is 19.8. The van der Waals surface area contributed by atoms with Gasteiger partial charge in [0.1, 0.15) is 6.04 Å². The molecular formula is C26H26N6O4. The van der Waals surface area contributed by atoms with E-state index < -0.39 is 12.0 Å². The molecule has 0 radical (unpaired) electrons. The maximum Gasteiger partial charge on any atom is 0.338 e. The first-order valence-electron chi connectivity index (χ1n) is 11.9. The largest absolute Gasteiger partial charge is 0.462 e. The first-order valence-corrected chi connectivity index (χ1v) is 11.9. The Bertz CT molecular complexity index is 1390. The molecule has 0 spiro atoms. The number of nitrogens with zero attached hydrogens (tertiary/aromatic N) is 5. The minimum absolute atomic E-state index is 0.0379. The molecule has 3 heterocycles. The highest BCUT2D eigenvalue weighted by molar-refractivity contribution is 6.05. The molecule has 4 aromatic rings. The lowest BCUT2D eigenvalue weighted by Gasteiger charge is -2.16. The van der Waals surface area contributed by atoms with E-state index in [1.165, 1.54) is 0 Å². The quantitative estimate of drug-likeness (QED) is 0.363. The van der Waals surface area contributed by atoms with Crippen LogP contribution < -0.4 is 10.2 Å². The van der Waals surface area contributed by atoms with Gasteiger partial charge in [-0.05, 0) is 49.7 Å². The maximum atomic E-state index is 13.4. The van der Waals surface area contributed by atoms with E-state index >= 15 is 0 Å². The molecule has 2 aromatic heterocycles. The van der Waals surface area contributed by atoms with Crippen molar-refractivity contribution in [3.05, 3.63) is 72.8 Å². The Morgan fingerprint density at radius 3 is 2.64 bits per heavy atom. The Morgan fingerprint density at radius 1 is 1.08 bits per heavy atom. The van der Waals surface area contributed by atoms with Gasteiger partial charge in [-0.2, -0.15) is 0 Å². The molecule has 0 fully saturated rings. The average molecular weight is 487 g/mol. The van der Waals surface area contributed by atoms with Crippen molar-refractivity contribution in [1.82, 2.24) is 19.1 Å². The van der Waals surface area contributed by atoms with E-state index in [9.17, 15) is 14.4 Å². The van der Waals surface area contributed by atoms with Crippen LogP contribution in [0, 0.1) is 0 Å². The highest BCUT2D eigenvalue weighted by atomic mass is 16.5. The molecule has 0 saturated heterocycles. The third-order valence-corrected chi connectivity index (χ3v) is 6.10. The summed E-state index contributed by atoms with van der Waals surface area (Å²) in [6, 6.07) is 13.4. The summed E-state index contributed by atoms with van der Waals surface area (Å²) >= 11 is 0. The van der Waals surface area contributed by atoms with Gasteiger partial charge in [0.25, 0.3) is 5.91 Å². The summed E-state index contributed by atoms with van der Waals surface area (Å²) in [5, 5.41) is 2.83. The third-order valence-electron chi connectivity index (χ3n) is 6.10. The molecule has 10 heteroatoms. The number of para-hydroxylation sites is 2. The molecule has 10 nitrogen and oxygen atoms in total. The van der Waals surface area contributed by atoms with Crippen molar-refractivity contribution >= 4 is 40.5 Å². The zero-order valence-electron chi connectivity index (χ0n) is 19.8. The van der Waals surface area contributed by atoms with Crippen LogP contribution in [0.25, 0.3) is 11.0 Å². The second kappa shape index (κ2) is 10.0. The number of amides is 2. The highest BCUT2D eigenvalue weighted by Gasteiger charge is 2.40. The Balaban J connectivity index is 1.32. The first-order chi connectivity index (χ1) is 17.5. The number of anilines is 2. The van der Waals surface area contributed by atoms with Gasteiger partial charge in [-0.15, -0.1) is 0 Å². The molecule has 0 aliphatic carbocycles. The molecule has 2 amide bonds. The lowest BCUT2D eigenvalue weighted by Crippen LogP contribution is -2.32. The molecule has 0 bridgehead atoms. The van der Waals surface area contributed by atoms with Crippen LogP contribution in [0.3, 0.4) is 0 Å². The van der Waals surface area contributed by atoms with Crippen LogP contribution >= 0.6 is 0 Å². The standard InChI is InChI=1S/C26H26N6O4/c1-2-36-25(35)18-8-10-19(11-9-18)28-23(33)16-22-24(34)31(14-5-13-30-15-12-27-17-30)26-29-20-6-3-4-7-21(20)32(22)26/h3-4,6-12,15,17,22H,2,5,13-14,16H2,1H3,(H,28,33)/t22-/m0/s1. The molecule has 1 atom stereocenters. The van der Waals surface area contributed by atoms with Crippen LogP contribution in [-0.4, -0.2) is 50.0 Å². The average Bonchev–Trinajstić information content (AvgIpc) is 3.58. The number of carbonyl (C=O) groups excluding carboxylic acids is 3. The number of ether oxygens (including phenoxy) is 1. The minimum atomic E-state index is -0.695. The van der Waals surface area contributed by atoms with Gasteiger partial charge >= 0.3 is 5.97 Å². The molecule has 5 rings (SSSR count). The lowest BCUT2D eigenvalue weighted by molar-refractivity contribution is -0.124. The number of benzene rings is 2. The van der Waals surface area contributed by atoms with Crippen LogP contribution in [0.1, 0.15) is 36.2 Å². The fourth-order valence-electron chi connectivity index (χ4n) is 4.43. The van der Waals surface area contributed by atoms with E-state index in [1.807, 2.05) is 39.6 Å². The third kappa shape index (κ3) is 4.57. The maximum absolute atomic E-state index is 13.4. The number of hydrogen-bond acceptors (Lipinski definition) is 6. The second-order valence-corrected chi connectivity index (χ2v) is 8.48. The summed E-state index contributed by atoms with van der Waals surface area (Å²) < 4.78 is 8.81. The van der Waals surface area contributed by atoms with Crippen LogP contribution in [-0.2, 0) is 20.9 Å². The van der Waals surface area contributed by atoms with Crippen molar-refractivity contribution in [2.75, 3.05) is 23.4 Å². The number of aromatic nitrogens is 4. The van der Waals surface area contributed by atoms with Crippen molar-refractivity contribution in [1.29, 1.82) is 0 Å². The first kappa shape index (κ1) is 23.3. The van der Waals surface area contributed by atoms with Crippen LogP contribution in [0.4, 0.5) is 11.6 Å². The SMILES string of the molecule is CCOC(=O)c1ccc(NC(=O)C[C@H]2C(=O)N(CCCn3ccnc3)c3nc4ccccc4n32)cc1. The van der Waals surface area contributed by atoms with Gasteiger partial charge in [0.2, 0.25) is 11.9 Å². The number of aryl methyl sites for hydroxylation is 1. The molecule has 36 heavy (non-hydrogen) atoms. The van der Waals surface area contributed by atoms with E-state index in [-0.39, 0.29) is 24.8 Å². The summed E-state index contributed by atoms with van der Waals surface area (Å²) in [5.74, 6) is -0.314. The van der Waals surface area contributed by atoms with E-state index in [4.69, 9.17) is 9.72 Å². The Hall–Kier alpha value is -4.47. The summed E-state index contributed by atoms with van der Waals surface area (Å²) in [7, 11) is 0. The number of esters is 1.